The van der Waals surface area contributed by atoms with Crippen molar-refractivity contribution in [3.8, 4) is 6.07 Å². The van der Waals surface area contributed by atoms with Crippen LogP contribution in [0.2, 0.25) is 0 Å². The van der Waals surface area contributed by atoms with Crippen LogP contribution in [0, 0.1) is 25.2 Å². The lowest BCUT2D eigenvalue weighted by molar-refractivity contribution is 1.17. The standard InChI is InChI=1S/C8H10N4/c1-4-6(3-9)5(2)12-8(11)7(4)10/h10H2,1-2H3,(H2,11,12). The molecule has 0 bridgehead atoms. The summed E-state index contributed by atoms with van der Waals surface area (Å²) in [5, 5.41) is 8.73. The predicted octanol–water partition coefficient (Wildman–Crippen LogP) is 0.735. The van der Waals surface area contributed by atoms with Crippen LogP contribution in [-0.2, 0) is 0 Å². The lowest BCUT2D eigenvalue weighted by Gasteiger charge is -2.06. The zero-order valence-corrected chi connectivity index (χ0v) is 7.05. The van der Waals surface area contributed by atoms with E-state index < -0.39 is 0 Å². The van der Waals surface area contributed by atoms with Crippen LogP contribution in [0.25, 0.3) is 0 Å². The second-order valence-corrected chi connectivity index (χ2v) is 2.61. The minimum absolute atomic E-state index is 0.295. The highest BCUT2D eigenvalue weighted by molar-refractivity contribution is 5.67. The van der Waals surface area contributed by atoms with Gasteiger partial charge in [-0.2, -0.15) is 5.26 Å². The van der Waals surface area contributed by atoms with E-state index >= 15 is 0 Å². The van der Waals surface area contributed by atoms with Crippen molar-refractivity contribution in [2.45, 2.75) is 13.8 Å². The maximum Gasteiger partial charge on any atom is 0.147 e. The summed E-state index contributed by atoms with van der Waals surface area (Å²) in [4.78, 5) is 3.94. The van der Waals surface area contributed by atoms with Gasteiger partial charge in [-0.25, -0.2) is 4.98 Å². The van der Waals surface area contributed by atoms with Crippen LogP contribution in [0.1, 0.15) is 16.8 Å². The van der Waals surface area contributed by atoms with Gasteiger partial charge in [-0.3, -0.25) is 0 Å². The molecule has 0 radical (unpaired) electrons. The zero-order chi connectivity index (χ0) is 9.30. The lowest BCUT2D eigenvalue weighted by Crippen LogP contribution is -2.04. The average molecular weight is 162 g/mol. The third-order valence-corrected chi connectivity index (χ3v) is 1.82. The summed E-state index contributed by atoms with van der Waals surface area (Å²) < 4.78 is 0. The molecule has 0 unspecified atom stereocenters. The van der Waals surface area contributed by atoms with Crippen molar-refractivity contribution in [1.82, 2.24) is 4.98 Å². The number of pyridine rings is 1. The topological polar surface area (TPSA) is 88.7 Å². The molecule has 0 spiro atoms. The second-order valence-electron chi connectivity index (χ2n) is 2.61. The van der Waals surface area contributed by atoms with Gasteiger partial charge >= 0.3 is 0 Å². The molecule has 12 heavy (non-hydrogen) atoms. The number of nitrogens with two attached hydrogens (primary N) is 2. The zero-order valence-electron chi connectivity index (χ0n) is 7.05. The van der Waals surface area contributed by atoms with Gasteiger partial charge < -0.3 is 11.5 Å². The predicted molar refractivity (Wildman–Crippen MR) is 47.3 cm³/mol. The van der Waals surface area contributed by atoms with Crippen molar-refractivity contribution in [3.63, 3.8) is 0 Å². The van der Waals surface area contributed by atoms with Gasteiger partial charge in [0.1, 0.15) is 11.9 Å². The van der Waals surface area contributed by atoms with Gasteiger partial charge in [0.05, 0.1) is 16.9 Å². The maximum absolute atomic E-state index is 8.73. The van der Waals surface area contributed by atoms with Crippen LogP contribution in [0.5, 0.6) is 0 Å². The van der Waals surface area contributed by atoms with Gasteiger partial charge in [0.15, 0.2) is 0 Å². The molecule has 4 nitrogen and oxygen atoms in total. The number of hydrogen-bond donors (Lipinski definition) is 2. The molecule has 0 aliphatic heterocycles. The first-order valence-corrected chi connectivity index (χ1v) is 3.50. The fourth-order valence-electron chi connectivity index (χ4n) is 1.06. The van der Waals surface area contributed by atoms with Gasteiger partial charge in [-0.15, -0.1) is 0 Å². The molecule has 1 aromatic heterocycles. The van der Waals surface area contributed by atoms with Crippen LogP contribution in [-0.4, -0.2) is 4.98 Å². The van der Waals surface area contributed by atoms with Gasteiger partial charge in [0, 0.05) is 0 Å². The Bertz CT molecular complexity index is 362. The molecule has 1 rings (SSSR count). The molecule has 1 aromatic rings. The van der Waals surface area contributed by atoms with Gasteiger partial charge in [0.2, 0.25) is 0 Å². The number of hydrogen-bond acceptors (Lipinski definition) is 4. The van der Waals surface area contributed by atoms with Crippen molar-refractivity contribution in [2.24, 2.45) is 0 Å². The number of nitriles is 1. The van der Waals surface area contributed by atoms with Crippen LogP contribution in [0.3, 0.4) is 0 Å². The summed E-state index contributed by atoms with van der Waals surface area (Å²) >= 11 is 0. The van der Waals surface area contributed by atoms with Crippen LogP contribution in [0.15, 0.2) is 0 Å². The number of aryl methyl sites for hydroxylation is 1. The van der Waals surface area contributed by atoms with Crippen LogP contribution >= 0.6 is 0 Å². The van der Waals surface area contributed by atoms with Crippen LogP contribution in [0.4, 0.5) is 11.5 Å². The Hall–Kier alpha value is -1.76. The van der Waals surface area contributed by atoms with E-state index in [2.05, 4.69) is 4.98 Å². The molecule has 0 saturated carbocycles. The number of aromatic nitrogens is 1. The molecule has 0 aliphatic rings. The number of anilines is 2. The van der Waals surface area contributed by atoms with Crippen molar-refractivity contribution < 1.29 is 0 Å². The molecule has 1 heterocycles. The Morgan fingerprint density at radius 3 is 2.42 bits per heavy atom. The number of nitrogens with zero attached hydrogens (tertiary/aromatic N) is 2. The first-order valence-electron chi connectivity index (χ1n) is 3.50. The van der Waals surface area contributed by atoms with E-state index in [0.29, 0.717) is 28.3 Å². The first-order chi connectivity index (χ1) is 5.57. The molecule has 4 N–H and O–H groups in total. The van der Waals surface area contributed by atoms with Crippen molar-refractivity contribution in [2.75, 3.05) is 11.5 Å². The highest BCUT2D eigenvalue weighted by atomic mass is 14.9. The average Bonchev–Trinajstić information content (AvgIpc) is 2.01. The molecule has 0 fully saturated rings. The molecule has 4 heteroatoms. The summed E-state index contributed by atoms with van der Waals surface area (Å²) in [5.41, 5.74) is 13.3. The number of rotatable bonds is 0. The van der Waals surface area contributed by atoms with Crippen LogP contribution < -0.4 is 11.5 Å². The SMILES string of the molecule is Cc1nc(N)c(N)c(C)c1C#N. The summed E-state index contributed by atoms with van der Waals surface area (Å²) in [6.45, 7) is 3.50. The molecule has 0 amide bonds. The quantitative estimate of drug-likeness (QED) is 0.588. The molecule has 62 valence electrons. The van der Waals surface area contributed by atoms with Crippen molar-refractivity contribution in [3.05, 3.63) is 16.8 Å². The van der Waals surface area contributed by atoms with E-state index in [1.807, 2.05) is 6.07 Å². The lowest BCUT2D eigenvalue weighted by atomic mass is 10.1. The molecule has 0 atom stereocenters. The fourth-order valence-corrected chi connectivity index (χ4v) is 1.06. The monoisotopic (exact) mass is 162 g/mol. The minimum Gasteiger partial charge on any atom is -0.395 e. The highest BCUT2D eigenvalue weighted by Crippen LogP contribution is 2.22. The molecule has 0 aromatic carbocycles. The van der Waals surface area contributed by atoms with Gasteiger partial charge in [-0.1, -0.05) is 0 Å². The molecule has 0 saturated heterocycles. The Balaban J connectivity index is 3.54. The third-order valence-electron chi connectivity index (χ3n) is 1.82. The first kappa shape index (κ1) is 8.34. The maximum atomic E-state index is 8.73. The van der Waals surface area contributed by atoms with Crippen molar-refractivity contribution in [1.29, 1.82) is 5.26 Å². The van der Waals surface area contributed by atoms with E-state index in [-0.39, 0.29) is 0 Å². The summed E-state index contributed by atoms with van der Waals surface area (Å²) in [5.74, 6) is 0.295. The Morgan fingerprint density at radius 2 is 1.92 bits per heavy atom. The minimum atomic E-state index is 0.295. The summed E-state index contributed by atoms with van der Waals surface area (Å²) in [6.07, 6.45) is 0. The fraction of sp³-hybridized carbons (Fsp3) is 0.250. The second kappa shape index (κ2) is 2.70. The van der Waals surface area contributed by atoms with E-state index in [4.69, 9.17) is 16.7 Å². The normalized spacial score (nSPS) is 9.42. The van der Waals surface area contributed by atoms with E-state index in [0.717, 1.165) is 0 Å². The Morgan fingerprint density at radius 1 is 1.33 bits per heavy atom. The Kier molecular flexibility index (Phi) is 1.88. The van der Waals surface area contributed by atoms with E-state index in [1.54, 1.807) is 13.8 Å². The molecular weight excluding hydrogens is 152 g/mol. The Labute approximate surface area is 70.8 Å². The van der Waals surface area contributed by atoms with E-state index in [1.165, 1.54) is 0 Å². The molecule has 0 aliphatic carbocycles. The number of nitrogen functional groups attached to an aromatic ring is 2. The summed E-state index contributed by atoms with van der Waals surface area (Å²) in [7, 11) is 0. The van der Waals surface area contributed by atoms with Gasteiger partial charge in [-0.05, 0) is 19.4 Å². The van der Waals surface area contributed by atoms with Crippen molar-refractivity contribution >= 4 is 11.5 Å². The summed E-state index contributed by atoms with van der Waals surface area (Å²) in [6, 6.07) is 2.03. The van der Waals surface area contributed by atoms with Gasteiger partial charge in [0.25, 0.3) is 0 Å². The van der Waals surface area contributed by atoms with E-state index in [9.17, 15) is 0 Å². The molecular formula is C8H10N4. The smallest absolute Gasteiger partial charge is 0.147 e. The highest BCUT2D eigenvalue weighted by Gasteiger charge is 2.09. The third kappa shape index (κ3) is 1.05. The largest absolute Gasteiger partial charge is 0.395 e.